The first-order valence-corrected chi connectivity index (χ1v) is 5.04. The fourth-order valence-electron chi connectivity index (χ4n) is 1.50. The van der Waals surface area contributed by atoms with Crippen LogP contribution in [0.5, 0.6) is 0 Å². The van der Waals surface area contributed by atoms with Gasteiger partial charge in [0.1, 0.15) is 11.5 Å². The Morgan fingerprint density at radius 1 is 1.47 bits per heavy atom. The van der Waals surface area contributed by atoms with Gasteiger partial charge in [-0.3, -0.25) is 4.79 Å². The molecular formula is C11H18N2O2. The zero-order valence-electron chi connectivity index (χ0n) is 9.63. The third-order valence-corrected chi connectivity index (χ3v) is 2.32. The molecule has 15 heavy (non-hydrogen) atoms. The molecule has 1 aromatic rings. The molecule has 0 aliphatic heterocycles. The van der Waals surface area contributed by atoms with E-state index in [0.717, 1.165) is 17.1 Å². The summed E-state index contributed by atoms with van der Waals surface area (Å²) in [6.07, 6.45) is 0. The zero-order valence-corrected chi connectivity index (χ0v) is 9.63. The molecule has 0 saturated heterocycles. The van der Waals surface area contributed by atoms with Crippen LogP contribution in [0.4, 0.5) is 0 Å². The summed E-state index contributed by atoms with van der Waals surface area (Å²) in [5.41, 5.74) is 6.47. The highest BCUT2D eigenvalue weighted by atomic mass is 16.3. The number of hydrogen-bond acceptors (Lipinski definition) is 3. The third kappa shape index (κ3) is 2.83. The van der Waals surface area contributed by atoms with Crippen molar-refractivity contribution in [3.63, 3.8) is 0 Å². The molecule has 1 aromatic heterocycles. The maximum Gasteiger partial charge on any atom is 0.237 e. The van der Waals surface area contributed by atoms with Crippen molar-refractivity contribution in [1.29, 1.82) is 0 Å². The van der Waals surface area contributed by atoms with E-state index in [2.05, 4.69) is 5.32 Å². The summed E-state index contributed by atoms with van der Waals surface area (Å²) < 4.78 is 5.40. The summed E-state index contributed by atoms with van der Waals surface area (Å²) in [4.78, 5) is 11.4. The molecule has 0 aliphatic carbocycles. The predicted octanol–water partition coefficient (Wildman–Crippen LogP) is 1.42. The molecule has 84 valence electrons. The molecule has 3 N–H and O–H groups in total. The second-order valence-electron chi connectivity index (χ2n) is 3.89. The molecule has 4 nitrogen and oxygen atoms in total. The van der Waals surface area contributed by atoms with Crippen LogP contribution in [0.3, 0.4) is 0 Å². The van der Waals surface area contributed by atoms with Crippen LogP contribution in [-0.4, -0.2) is 11.9 Å². The van der Waals surface area contributed by atoms with Crippen LogP contribution < -0.4 is 11.1 Å². The SMILES string of the molecule is Cc1cc(C(C)NC(=O)[C@H](C)N)c(C)o1. The van der Waals surface area contributed by atoms with E-state index >= 15 is 0 Å². The Hall–Kier alpha value is -1.29. The fourth-order valence-corrected chi connectivity index (χ4v) is 1.50. The summed E-state index contributed by atoms with van der Waals surface area (Å²) >= 11 is 0. The van der Waals surface area contributed by atoms with E-state index in [0.29, 0.717) is 0 Å². The van der Waals surface area contributed by atoms with Gasteiger partial charge in [-0.2, -0.15) is 0 Å². The molecule has 0 saturated carbocycles. The number of amides is 1. The van der Waals surface area contributed by atoms with Crippen molar-refractivity contribution in [3.8, 4) is 0 Å². The Bertz CT molecular complexity index is 355. The lowest BCUT2D eigenvalue weighted by Gasteiger charge is -2.14. The standard InChI is InChI=1S/C11H18N2O2/c1-6-5-10(9(4)15-6)8(3)13-11(14)7(2)12/h5,7-8H,12H2,1-4H3,(H,13,14)/t7-,8?/m0/s1. The van der Waals surface area contributed by atoms with Crippen molar-refractivity contribution in [2.45, 2.75) is 39.8 Å². The van der Waals surface area contributed by atoms with Crippen molar-refractivity contribution in [2.75, 3.05) is 0 Å². The number of nitrogens with two attached hydrogens (primary N) is 1. The lowest BCUT2D eigenvalue weighted by molar-refractivity contribution is -0.122. The van der Waals surface area contributed by atoms with E-state index in [1.807, 2.05) is 26.8 Å². The normalized spacial score (nSPS) is 14.7. The van der Waals surface area contributed by atoms with Crippen LogP contribution >= 0.6 is 0 Å². The second kappa shape index (κ2) is 4.49. The third-order valence-electron chi connectivity index (χ3n) is 2.32. The van der Waals surface area contributed by atoms with Crippen molar-refractivity contribution >= 4 is 5.91 Å². The van der Waals surface area contributed by atoms with Gasteiger partial charge in [0.2, 0.25) is 5.91 Å². The number of nitrogens with one attached hydrogen (secondary N) is 1. The number of carbonyl (C=O) groups is 1. The van der Waals surface area contributed by atoms with E-state index in [1.54, 1.807) is 6.92 Å². The largest absolute Gasteiger partial charge is 0.466 e. The molecular weight excluding hydrogens is 192 g/mol. The van der Waals surface area contributed by atoms with Gasteiger partial charge in [-0.25, -0.2) is 0 Å². The number of aryl methyl sites for hydroxylation is 2. The lowest BCUT2D eigenvalue weighted by Crippen LogP contribution is -2.39. The number of rotatable bonds is 3. The van der Waals surface area contributed by atoms with E-state index in [4.69, 9.17) is 10.2 Å². The summed E-state index contributed by atoms with van der Waals surface area (Å²) in [7, 11) is 0. The molecule has 0 fully saturated rings. The minimum Gasteiger partial charge on any atom is -0.466 e. The van der Waals surface area contributed by atoms with Crippen molar-refractivity contribution in [3.05, 3.63) is 23.2 Å². The average molecular weight is 210 g/mol. The zero-order chi connectivity index (χ0) is 11.6. The van der Waals surface area contributed by atoms with E-state index in [1.165, 1.54) is 0 Å². The summed E-state index contributed by atoms with van der Waals surface area (Å²) in [6, 6.07) is 1.38. The first-order chi connectivity index (χ1) is 6.91. The van der Waals surface area contributed by atoms with Gasteiger partial charge >= 0.3 is 0 Å². The molecule has 2 atom stereocenters. The molecule has 0 aromatic carbocycles. The molecule has 0 bridgehead atoms. The fraction of sp³-hybridized carbons (Fsp3) is 0.545. The van der Waals surface area contributed by atoms with Crippen molar-refractivity contribution in [1.82, 2.24) is 5.32 Å². The van der Waals surface area contributed by atoms with E-state index < -0.39 is 6.04 Å². The van der Waals surface area contributed by atoms with Gasteiger partial charge in [0, 0.05) is 5.56 Å². The van der Waals surface area contributed by atoms with Gasteiger partial charge in [-0.1, -0.05) is 0 Å². The predicted molar refractivity (Wildman–Crippen MR) is 58.4 cm³/mol. The summed E-state index contributed by atoms with van der Waals surface area (Å²) in [5.74, 6) is 1.54. The number of furan rings is 1. The van der Waals surface area contributed by atoms with E-state index in [9.17, 15) is 4.79 Å². The highest BCUT2D eigenvalue weighted by Gasteiger charge is 2.16. The van der Waals surface area contributed by atoms with Gasteiger partial charge in [0.15, 0.2) is 0 Å². The molecule has 0 radical (unpaired) electrons. The van der Waals surface area contributed by atoms with Gasteiger partial charge in [-0.05, 0) is 33.8 Å². The Morgan fingerprint density at radius 3 is 2.47 bits per heavy atom. The maximum absolute atomic E-state index is 11.4. The Kier molecular flexibility index (Phi) is 3.52. The Morgan fingerprint density at radius 2 is 2.07 bits per heavy atom. The molecule has 1 unspecified atom stereocenters. The minimum absolute atomic E-state index is 0.0686. The van der Waals surface area contributed by atoms with Crippen LogP contribution in [0.15, 0.2) is 10.5 Å². The van der Waals surface area contributed by atoms with Gasteiger partial charge in [-0.15, -0.1) is 0 Å². The molecule has 1 rings (SSSR count). The molecule has 1 amide bonds. The molecule has 0 spiro atoms. The molecule has 0 aliphatic rings. The summed E-state index contributed by atoms with van der Waals surface area (Å²) in [5, 5.41) is 2.83. The highest BCUT2D eigenvalue weighted by molar-refractivity contribution is 5.81. The maximum atomic E-state index is 11.4. The lowest BCUT2D eigenvalue weighted by atomic mass is 10.1. The van der Waals surface area contributed by atoms with Gasteiger partial charge in [0.05, 0.1) is 12.1 Å². The Labute approximate surface area is 89.8 Å². The topological polar surface area (TPSA) is 68.3 Å². The average Bonchev–Trinajstić information content (AvgIpc) is 2.44. The van der Waals surface area contributed by atoms with Crippen LogP contribution in [0, 0.1) is 13.8 Å². The molecule has 1 heterocycles. The first kappa shape index (κ1) is 11.8. The smallest absolute Gasteiger partial charge is 0.237 e. The monoisotopic (exact) mass is 210 g/mol. The van der Waals surface area contributed by atoms with Gasteiger partial charge < -0.3 is 15.5 Å². The highest BCUT2D eigenvalue weighted by Crippen LogP contribution is 2.20. The molecule has 4 heteroatoms. The number of hydrogen-bond donors (Lipinski definition) is 2. The van der Waals surface area contributed by atoms with Crippen LogP contribution in [-0.2, 0) is 4.79 Å². The van der Waals surface area contributed by atoms with E-state index in [-0.39, 0.29) is 11.9 Å². The number of carbonyl (C=O) groups excluding carboxylic acids is 1. The van der Waals surface area contributed by atoms with Crippen molar-refractivity contribution < 1.29 is 9.21 Å². The van der Waals surface area contributed by atoms with Crippen LogP contribution in [0.1, 0.15) is 37.0 Å². The quantitative estimate of drug-likeness (QED) is 0.792. The Balaban J connectivity index is 2.73. The van der Waals surface area contributed by atoms with Crippen molar-refractivity contribution in [2.24, 2.45) is 5.73 Å². The summed E-state index contributed by atoms with van der Waals surface area (Å²) in [6.45, 7) is 7.35. The second-order valence-corrected chi connectivity index (χ2v) is 3.89. The van der Waals surface area contributed by atoms with Crippen LogP contribution in [0.25, 0.3) is 0 Å². The first-order valence-electron chi connectivity index (χ1n) is 5.04. The van der Waals surface area contributed by atoms with Crippen LogP contribution in [0.2, 0.25) is 0 Å². The minimum atomic E-state index is -0.485. The van der Waals surface area contributed by atoms with Gasteiger partial charge in [0.25, 0.3) is 0 Å².